The first-order valence-corrected chi connectivity index (χ1v) is 9.79. The fraction of sp³-hybridized carbons (Fsp3) is 0.0952. The zero-order valence-corrected chi connectivity index (χ0v) is 17.8. The highest BCUT2D eigenvalue weighted by Crippen LogP contribution is 2.30. The van der Waals surface area contributed by atoms with E-state index in [0.29, 0.717) is 16.4 Å². The molecule has 10 heteroatoms. The lowest BCUT2D eigenvalue weighted by Gasteiger charge is -2.03. The molecule has 8 nitrogen and oxygen atoms in total. The number of carbonyl (C=O) groups is 1. The van der Waals surface area contributed by atoms with Crippen molar-refractivity contribution in [2.24, 2.45) is 4.99 Å². The molecule has 0 radical (unpaired) electrons. The third-order valence-electron chi connectivity index (χ3n) is 4.62. The number of ether oxygens (including phenoxy) is 1. The van der Waals surface area contributed by atoms with Gasteiger partial charge in [0, 0.05) is 17.7 Å². The fourth-order valence-electron chi connectivity index (χ4n) is 2.98. The summed E-state index contributed by atoms with van der Waals surface area (Å²) in [4.78, 5) is 26.9. The molecule has 0 N–H and O–H groups in total. The maximum absolute atomic E-state index is 12.4. The Hall–Kier alpha value is -3.49. The zero-order valence-electron chi connectivity index (χ0n) is 16.3. The van der Waals surface area contributed by atoms with Crippen molar-refractivity contribution in [3.05, 3.63) is 90.8 Å². The van der Waals surface area contributed by atoms with Gasteiger partial charge in [0.1, 0.15) is 5.15 Å². The number of rotatable bonds is 4. The first-order chi connectivity index (χ1) is 14.7. The number of esters is 1. The average molecular weight is 457 g/mol. The number of carbonyl (C=O) groups excluding carboxylic acids is 1. The molecule has 156 valence electrons. The van der Waals surface area contributed by atoms with Gasteiger partial charge in [-0.05, 0) is 38.1 Å². The van der Waals surface area contributed by atoms with E-state index in [1.165, 1.54) is 24.3 Å². The van der Waals surface area contributed by atoms with E-state index in [4.69, 9.17) is 27.9 Å². The minimum absolute atomic E-state index is 0.0119. The minimum Gasteiger partial charge on any atom is -0.402 e. The molecule has 2 aromatic carbocycles. The number of hydrogen-bond acceptors (Lipinski definition) is 6. The molecule has 1 aliphatic heterocycles. The summed E-state index contributed by atoms with van der Waals surface area (Å²) >= 11 is 12.6. The Morgan fingerprint density at radius 3 is 2.48 bits per heavy atom. The predicted octanol–water partition coefficient (Wildman–Crippen LogP) is 5.05. The topological polar surface area (TPSA) is 99.6 Å². The summed E-state index contributed by atoms with van der Waals surface area (Å²) in [5, 5.41) is 15.7. The summed E-state index contributed by atoms with van der Waals surface area (Å²) in [5.41, 5.74) is 3.10. The lowest BCUT2D eigenvalue weighted by Crippen LogP contribution is -2.06. The molecule has 3 aromatic rings. The van der Waals surface area contributed by atoms with Crippen molar-refractivity contribution < 1.29 is 14.5 Å². The Morgan fingerprint density at radius 1 is 1.13 bits per heavy atom. The van der Waals surface area contributed by atoms with Crippen LogP contribution in [0.15, 0.2) is 53.2 Å². The largest absolute Gasteiger partial charge is 0.402 e. The average Bonchev–Trinajstić information content (AvgIpc) is 3.23. The van der Waals surface area contributed by atoms with Gasteiger partial charge in [0.05, 0.1) is 26.9 Å². The third-order valence-corrected chi connectivity index (χ3v) is 5.30. The van der Waals surface area contributed by atoms with Crippen LogP contribution in [-0.4, -0.2) is 26.6 Å². The number of aliphatic imine (C=N–C) groups is 1. The quantitative estimate of drug-likeness (QED) is 0.236. The highest BCUT2D eigenvalue weighted by molar-refractivity contribution is 6.35. The van der Waals surface area contributed by atoms with Gasteiger partial charge in [-0.2, -0.15) is 5.10 Å². The Labute approximate surface area is 186 Å². The van der Waals surface area contributed by atoms with Crippen molar-refractivity contribution in [2.45, 2.75) is 13.8 Å². The molecular formula is C21H14Cl2N4O4. The molecule has 2 heterocycles. The molecule has 0 saturated heterocycles. The van der Waals surface area contributed by atoms with E-state index >= 15 is 0 Å². The monoisotopic (exact) mass is 456 g/mol. The summed E-state index contributed by atoms with van der Waals surface area (Å²) in [6, 6.07) is 11.5. The highest BCUT2D eigenvalue weighted by Gasteiger charge is 2.27. The number of aryl methyl sites for hydroxylation is 2. The summed E-state index contributed by atoms with van der Waals surface area (Å²) in [7, 11) is 0. The van der Waals surface area contributed by atoms with E-state index in [2.05, 4.69) is 10.1 Å². The van der Waals surface area contributed by atoms with Crippen LogP contribution in [0, 0.1) is 24.0 Å². The van der Waals surface area contributed by atoms with E-state index in [1.807, 2.05) is 31.2 Å². The normalized spacial score (nSPS) is 14.6. The number of nitrogens with zero attached hydrogens (tertiary/aromatic N) is 4. The van der Waals surface area contributed by atoms with Gasteiger partial charge in [0.25, 0.3) is 5.69 Å². The van der Waals surface area contributed by atoms with Gasteiger partial charge in [-0.3, -0.25) is 10.1 Å². The van der Waals surface area contributed by atoms with Gasteiger partial charge in [-0.15, -0.1) is 0 Å². The summed E-state index contributed by atoms with van der Waals surface area (Å²) in [6.45, 7) is 3.75. The Balaban J connectivity index is 1.71. The number of nitro benzene ring substituents is 1. The molecule has 0 unspecified atom stereocenters. The van der Waals surface area contributed by atoms with Crippen molar-refractivity contribution in [1.29, 1.82) is 0 Å². The van der Waals surface area contributed by atoms with Gasteiger partial charge >= 0.3 is 5.97 Å². The van der Waals surface area contributed by atoms with E-state index in [-0.39, 0.29) is 27.9 Å². The summed E-state index contributed by atoms with van der Waals surface area (Å²) in [5.74, 6) is -0.737. The number of benzene rings is 2. The Kier molecular flexibility index (Phi) is 5.34. The van der Waals surface area contributed by atoms with Crippen LogP contribution in [0.4, 0.5) is 5.69 Å². The third kappa shape index (κ3) is 3.95. The molecule has 0 saturated carbocycles. The molecule has 0 atom stereocenters. The first kappa shape index (κ1) is 20.8. The van der Waals surface area contributed by atoms with E-state index in [1.54, 1.807) is 11.6 Å². The molecule has 0 bridgehead atoms. The van der Waals surface area contributed by atoms with Crippen molar-refractivity contribution in [2.75, 3.05) is 0 Å². The van der Waals surface area contributed by atoms with Gasteiger partial charge in [0.15, 0.2) is 5.70 Å². The Morgan fingerprint density at radius 2 is 1.84 bits per heavy atom. The van der Waals surface area contributed by atoms with Crippen molar-refractivity contribution in [3.8, 4) is 5.69 Å². The van der Waals surface area contributed by atoms with Gasteiger partial charge in [0.2, 0.25) is 5.90 Å². The molecular weight excluding hydrogens is 443 g/mol. The van der Waals surface area contributed by atoms with E-state index < -0.39 is 10.9 Å². The van der Waals surface area contributed by atoms with Gasteiger partial charge < -0.3 is 4.74 Å². The number of aromatic nitrogens is 2. The highest BCUT2D eigenvalue weighted by atomic mass is 35.5. The van der Waals surface area contributed by atoms with Gasteiger partial charge in [-0.1, -0.05) is 40.9 Å². The lowest BCUT2D eigenvalue weighted by molar-refractivity contribution is -0.384. The smallest absolute Gasteiger partial charge is 0.363 e. The predicted molar refractivity (Wildman–Crippen MR) is 117 cm³/mol. The van der Waals surface area contributed by atoms with Crippen LogP contribution < -0.4 is 0 Å². The second-order valence-corrected chi connectivity index (χ2v) is 7.56. The van der Waals surface area contributed by atoms with Crippen LogP contribution in [-0.2, 0) is 9.53 Å². The van der Waals surface area contributed by atoms with E-state index in [9.17, 15) is 14.9 Å². The van der Waals surface area contributed by atoms with Crippen molar-refractivity contribution in [3.63, 3.8) is 0 Å². The molecule has 1 aromatic heterocycles. The first-order valence-electron chi connectivity index (χ1n) is 9.03. The van der Waals surface area contributed by atoms with Crippen molar-refractivity contribution >= 4 is 46.8 Å². The van der Waals surface area contributed by atoms with Crippen LogP contribution in [0.25, 0.3) is 11.8 Å². The minimum atomic E-state index is -0.692. The molecule has 4 rings (SSSR count). The molecule has 0 amide bonds. The maximum Gasteiger partial charge on any atom is 0.363 e. The molecule has 1 aliphatic rings. The fourth-order valence-corrected chi connectivity index (χ4v) is 3.57. The van der Waals surface area contributed by atoms with E-state index in [0.717, 1.165) is 11.3 Å². The van der Waals surface area contributed by atoms with Crippen LogP contribution in [0.5, 0.6) is 0 Å². The zero-order chi connectivity index (χ0) is 22.3. The maximum atomic E-state index is 12.4. The Bertz CT molecular complexity index is 1290. The number of halogens is 2. The second kappa shape index (κ2) is 7.98. The molecule has 31 heavy (non-hydrogen) atoms. The van der Waals surface area contributed by atoms with Gasteiger partial charge in [-0.25, -0.2) is 14.5 Å². The SMILES string of the molecule is Cc1ccc(-n2nc(C)c(/C=C3\N=C(c4ccc([N+](=O)[O-])cc4Cl)OC3=O)c2Cl)cc1. The molecule has 0 spiro atoms. The number of nitro groups is 1. The standard InChI is InChI=1S/C21H14Cl2N4O4/c1-11-3-5-13(6-4-11)26-19(23)16(12(2)25-26)10-18-21(28)31-20(24-18)15-8-7-14(27(29)30)9-17(15)22/h3-10H,1-2H3/b18-10-. The number of hydrogen-bond donors (Lipinski definition) is 0. The second-order valence-electron chi connectivity index (χ2n) is 6.79. The molecule has 0 aliphatic carbocycles. The number of non-ortho nitro benzene ring substituents is 1. The van der Waals surface area contributed by atoms with Crippen LogP contribution in [0.3, 0.4) is 0 Å². The molecule has 0 fully saturated rings. The lowest BCUT2D eigenvalue weighted by atomic mass is 10.2. The van der Waals surface area contributed by atoms with Crippen LogP contribution >= 0.6 is 23.2 Å². The van der Waals surface area contributed by atoms with Crippen LogP contribution in [0.1, 0.15) is 22.4 Å². The van der Waals surface area contributed by atoms with Crippen molar-refractivity contribution in [1.82, 2.24) is 9.78 Å². The van der Waals surface area contributed by atoms with Crippen LogP contribution in [0.2, 0.25) is 10.2 Å². The number of cyclic esters (lactones) is 1. The summed E-state index contributed by atoms with van der Waals surface area (Å²) < 4.78 is 6.79. The summed E-state index contributed by atoms with van der Waals surface area (Å²) in [6.07, 6.45) is 1.49.